The van der Waals surface area contributed by atoms with Gasteiger partial charge < -0.3 is 9.57 Å². The summed E-state index contributed by atoms with van der Waals surface area (Å²) >= 11 is 0. The zero-order valence-electron chi connectivity index (χ0n) is 13.9. The molecule has 2 aromatic rings. The van der Waals surface area contributed by atoms with Crippen molar-refractivity contribution >= 4 is 17.8 Å². The van der Waals surface area contributed by atoms with Crippen molar-refractivity contribution in [1.29, 1.82) is 0 Å². The van der Waals surface area contributed by atoms with Crippen molar-refractivity contribution in [3.63, 3.8) is 0 Å². The van der Waals surface area contributed by atoms with Gasteiger partial charge in [0.05, 0.1) is 11.1 Å². The molecule has 1 aliphatic rings. The average molecular weight is 339 g/mol. The molecule has 0 fully saturated rings. The van der Waals surface area contributed by atoms with Crippen molar-refractivity contribution in [2.75, 3.05) is 6.61 Å². The van der Waals surface area contributed by atoms with E-state index in [0.29, 0.717) is 16.7 Å². The first kappa shape index (κ1) is 16.7. The lowest BCUT2D eigenvalue weighted by Gasteiger charge is -2.13. The smallest absolute Gasteiger partial charge is 0.370 e. The summed E-state index contributed by atoms with van der Waals surface area (Å²) in [4.78, 5) is 41.1. The zero-order chi connectivity index (χ0) is 18.0. The molecule has 128 valence electrons. The minimum Gasteiger partial charge on any atom is -0.482 e. The number of hydrogen-bond acceptors (Lipinski definition) is 5. The molecule has 3 rings (SSSR count). The molecule has 0 spiro atoms. The molecule has 1 aliphatic heterocycles. The number of rotatable bonds is 5. The summed E-state index contributed by atoms with van der Waals surface area (Å²) in [6, 6.07) is 13.7. The Kier molecular flexibility index (Phi) is 4.52. The van der Waals surface area contributed by atoms with Gasteiger partial charge in [0.2, 0.25) is 0 Å². The van der Waals surface area contributed by atoms with Gasteiger partial charge in [-0.3, -0.25) is 9.59 Å². The summed E-state index contributed by atoms with van der Waals surface area (Å²) in [5.41, 5.74) is 1.50. The van der Waals surface area contributed by atoms with E-state index < -0.39 is 24.4 Å². The number of nitrogens with zero attached hydrogens (tertiary/aromatic N) is 1. The number of hydrogen-bond donors (Lipinski definition) is 0. The maximum Gasteiger partial charge on any atom is 0.370 e. The molecule has 0 saturated heterocycles. The van der Waals surface area contributed by atoms with Gasteiger partial charge in [-0.05, 0) is 35.7 Å². The zero-order valence-corrected chi connectivity index (χ0v) is 13.9. The molecule has 0 unspecified atom stereocenters. The first-order chi connectivity index (χ1) is 12.0. The lowest BCUT2D eigenvalue weighted by atomic mass is 10.0. The van der Waals surface area contributed by atoms with Crippen LogP contribution in [0.25, 0.3) is 0 Å². The Labute approximate surface area is 144 Å². The Morgan fingerprint density at radius 2 is 1.64 bits per heavy atom. The van der Waals surface area contributed by atoms with E-state index >= 15 is 0 Å². The fourth-order valence-electron chi connectivity index (χ4n) is 2.48. The Morgan fingerprint density at radius 1 is 1.00 bits per heavy atom. The lowest BCUT2D eigenvalue weighted by molar-refractivity contribution is -0.170. The van der Waals surface area contributed by atoms with E-state index in [1.807, 2.05) is 18.2 Å². The fraction of sp³-hybridized carbons (Fsp3) is 0.211. The van der Waals surface area contributed by atoms with E-state index in [2.05, 4.69) is 13.8 Å². The average Bonchev–Trinajstić information content (AvgIpc) is 2.85. The highest BCUT2D eigenvalue weighted by atomic mass is 16.7. The number of carbonyl (C=O) groups excluding carboxylic acids is 3. The van der Waals surface area contributed by atoms with Crippen molar-refractivity contribution in [3.05, 3.63) is 65.2 Å². The summed E-state index contributed by atoms with van der Waals surface area (Å²) in [7, 11) is 0. The van der Waals surface area contributed by atoms with Crippen molar-refractivity contribution < 1.29 is 24.0 Å². The summed E-state index contributed by atoms with van der Waals surface area (Å²) in [5.74, 6) is -1.30. The second kappa shape index (κ2) is 6.76. The maximum absolute atomic E-state index is 12.1. The Morgan fingerprint density at radius 3 is 2.24 bits per heavy atom. The number of carbonyl (C=O) groups is 3. The van der Waals surface area contributed by atoms with E-state index in [1.54, 1.807) is 18.2 Å². The van der Waals surface area contributed by atoms with E-state index in [1.165, 1.54) is 12.1 Å². The predicted octanol–water partition coefficient (Wildman–Crippen LogP) is 2.94. The number of amides is 2. The van der Waals surface area contributed by atoms with Crippen LogP contribution in [0.2, 0.25) is 0 Å². The molecule has 2 amide bonds. The normalized spacial score (nSPS) is 13.2. The molecule has 2 aromatic carbocycles. The predicted molar refractivity (Wildman–Crippen MR) is 89.1 cm³/mol. The number of benzene rings is 2. The van der Waals surface area contributed by atoms with Gasteiger partial charge in [-0.1, -0.05) is 43.2 Å². The van der Waals surface area contributed by atoms with Crippen LogP contribution < -0.4 is 4.74 Å². The highest BCUT2D eigenvalue weighted by molar-refractivity contribution is 6.20. The number of fused-ring (bicyclic) bond motifs is 1. The van der Waals surface area contributed by atoms with Gasteiger partial charge in [0.1, 0.15) is 5.75 Å². The summed E-state index contributed by atoms with van der Waals surface area (Å²) < 4.78 is 5.39. The second-order valence-electron chi connectivity index (χ2n) is 5.93. The maximum atomic E-state index is 12.1. The molecule has 0 radical (unpaired) electrons. The molecular weight excluding hydrogens is 322 g/mol. The van der Waals surface area contributed by atoms with Crippen molar-refractivity contribution in [2.24, 2.45) is 0 Å². The van der Waals surface area contributed by atoms with Crippen LogP contribution in [0.15, 0.2) is 48.5 Å². The number of hydroxylamine groups is 2. The monoisotopic (exact) mass is 339 g/mol. The van der Waals surface area contributed by atoms with Crippen molar-refractivity contribution in [1.82, 2.24) is 5.06 Å². The third kappa shape index (κ3) is 3.38. The van der Waals surface area contributed by atoms with E-state index in [0.717, 1.165) is 5.56 Å². The largest absolute Gasteiger partial charge is 0.482 e. The Hall–Kier alpha value is -3.15. The van der Waals surface area contributed by atoms with Gasteiger partial charge >= 0.3 is 5.97 Å². The molecule has 1 heterocycles. The summed E-state index contributed by atoms with van der Waals surface area (Å²) in [6.07, 6.45) is 0. The Balaban J connectivity index is 1.61. The van der Waals surface area contributed by atoms with Gasteiger partial charge in [-0.25, -0.2) is 4.79 Å². The third-order valence-electron chi connectivity index (χ3n) is 3.83. The molecule has 25 heavy (non-hydrogen) atoms. The number of imide groups is 1. The van der Waals surface area contributed by atoms with E-state index in [-0.39, 0.29) is 11.1 Å². The highest BCUT2D eigenvalue weighted by Gasteiger charge is 2.38. The fourth-order valence-corrected chi connectivity index (χ4v) is 2.48. The van der Waals surface area contributed by atoms with Gasteiger partial charge in [0.15, 0.2) is 6.61 Å². The minimum absolute atomic E-state index is 0.214. The van der Waals surface area contributed by atoms with Crippen molar-refractivity contribution in [2.45, 2.75) is 19.8 Å². The first-order valence-corrected chi connectivity index (χ1v) is 7.88. The summed E-state index contributed by atoms with van der Waals surface area (Å²) in [6.45, 7) is 3.69. The molecule has 0 bridgehead atoms. The van der Waals surface area contributed by atoms with Crippen LogP contribution in [0, 0.1) is 0 Å². The third-order valence-corrected chi connectivity index (χ3v) is 3.83. The minimum atomic E-state index is -0.829. The van der Waals surface area contributed by atoms with Crippen LogP contribution in [0.1, 0.15) is 46.0 Å². The Bertz CT molecular complexity index is 808. The lowest BCUT2D eigenvalue weighted by Crippen LogP contribution is -2.34. The van der Waals surface area contributed by atoms with Crippen molar-refractivity contribution in [3.8, 4) is 5.75 Å². The van der Waals surface area contributed by atoms with Gasteiger partial charge in [0, 0.05) is 0 Å². The second-order valence-corrected chi connectivity index (χ2v) is 5.93. The topological polar surface area (TPSA) is 72.9 Å². The van der Waals surface area contributed by atoms with Crippen LogP contribution in [-0.2, 0) is 9.63 Å². The first-order valence-electron chi connectivity index (χ1n) is 7.88. The van der Waals surface area contributed by atoms with Crippen LogP contribution in [0.4, 0.5) is 0 Å². The van der Waals surface area contributed by atoms with Gasteiger partial charge in [-0.2, -0.15) is 0 Å². The number of ether oxygens (including phenoxy) is 1. The molecule has 6 heteroatoms. The quantitative estimate of drug-likeness (QED) is 0.783. The van der Waals surface area contributed by atoms with Crippen LogP contribution in [0.5, 0.6) is 5.75 Å². The molecule has 0 N–H and O–H groups in total. The van der Waals surface area contributed by atoms with Gasteiger partial charge in [-0.15, -0.1) is 0 Å². The molecule has 0 atom stereocenters. The molecule has 6 nitrogen and oxygen atoms in total. The summed E-state index contributed by atoms with van der Waals surface area (Å²) in [5, 5.41) is 0.473. The van der Waals surface area contributed by atoms with Crippen LogP contribution in [-0.4, -0.2) is 29.5 Å². The van der Waals surface area contributed by atoms with E-state index in [9.17, 15) is 14.4 Å². The van der Waals surface area contributed by atoms with Gasteiger partial charge in [0.25, 0.3) is 11.8 Å². The van der Waals surface area contributed by atoms with Crippen LogP contribution in [0.3, 0.4) is 0 Å². The van der Waals surface area contributed by atoms with E-state index in [4.69, 9.17) is 9.57 Å². The molecule has 0 saturated carbocycles. The SMILES string of the molecule is CC(C)c1cccc(OCC(=O)ON2C(=O)c3ccccc3C2=O)c1. The molecule has 0 aliphatic carbocycles. The molecular formula is C19H17NO5. The highest BCUT2D eigenvalue weighted by Crippen LogP contribution is 2.23. The molecule has 0 aromatic heterocycles. The van der Waals surface area contributed by atoms with Crippen LogP contribution >= 0.6 is 0 Å². The standard InChI is InChI=1S/C19H17NO5/c1-12(2)13-6-5-7-14(10-13)24-11-17(21)25-20-18(22)15-8-3-4-9-16(15)19(20)23/h3-10,12H,11H2,1-2H3.